The normalized spacial score (nSPS) is 10.6. The number of nitro groups is 1. The summed E-state index contributed by atoms with van der Waals surface area (Å²) in [6, 6.07) is 11.8. The minimum atomic E-state index is -0.662. The fourth-order valence-electron chi connectivity index (χ4n) is 1.79. The number of nitro benzene ring substituents is 1. The van der Waals surface area contributed by atoms with E-state index in [1.54, 1.807) is 24.3 Å². The average molecular weight is 358 g/mol. The lowest BCUT2D eigenvalue weighted by molar-refractivity contribution is -0.384. The number of non-ortho nitro benzene ring substituents is 1. The number of halogens is 1. The molecule has 0 aromatic heterocycles. The highest BCUT2D eigenvalue weighted by molar-refractivity contribution is 6.33. The highest BCUT2D eigenvalue weighted by Crippen LogP contribution is 2.22. The van der Waals surface area contributed by atoms with E-state index in [1.165, 1.54) is 30.5 Å². The number of anilines is 3. The summed E-state index contributed by atoms with van der Waals surface area (Å²) >= 11 is 5.89. The van der Waals surface area contributed by atoms with E-state index in [0.29, 0.717) is 22.1 Å². The number of amides is 1. The molecule has 1 amide bonds. The van der Waals surface area contributed by atoms with Gasteiger partial charge in [-0.2, -0.15) is 5.26 Å². The predicted octanol–water partition coefficient (Wildman–Crippen LogP) is 3.29. The molecule has 0 fully saturated rings. The van der Waals surface area contributed by atoms with E-state index in [9.17, 15) is 14.9 Å². The Hall–Kier alpha value is -3.57. The number of hydrogen-bond acceptors (Lipinski definition) is 6. The summed E-state index contributed by atoms with van der Waals surface area (Å²) in [5.41, 5.74) is 6.60. The first-order valence-corrected chi connectivity index (χ1v) is 7.26. The van der Waals surface area contributed by atoms with Gasteiger partial charge in [0.15, 0.2) is 0 Å². The number of hydrogen-bond donors (Lipinski definition) is 3. The molecule has 2 aromatic rings. The van der Waals surface area contributed by atoms with Gasteiger partial charge in [-0.05, 0) is 30.3 Å². The number of rotatable bonds is 5. The molecule has 0 unspecified atom stereocenters. The minimum absolute atomic E-state index is 0.101. The topological polar surface area (TPSA) is 134 Å². The Kier molecular flexibility index (Phi) is 5.55. The largest absolute Gasteiger partial charge is 0.398 e. The summed E-state index contributed by atoms with van der Waals surface area (Å²) in [6.07, 6.45) is 1.22. The smallest absolute Gasteiger partial charge is 0.269 e. The summed E-state index contributed by atoms with van der Waals surface area (Å²) in [5.74, 6) is -0.662. The van der Waals surface area contributed by atoms with Gasteiger partial charge in [-0.1, -0.05) is 11.6 Å². The molecule has 0 aliphatic carbocycles. The molecule has 0 bridgehead atoms. The first-order chi connectivity index (χ1) is 11.9. The number of nitriles is 1. The molecule has 4 N–H and O–H groups in total. The molecule has 126 valence electrons. The van der Waals surface area contributed by atoms with Gasteiger partial charge in [0, 0.05) is 29.7 Å². The van der Waals surface area contributed by atoms with E-state index in [4.69, 9.17) is 22.6 Å². The molecular weight excluding hydrogens is 346 g/mol. The van der Waals surface area contributed by atoms with Crippen molar-refractivity contribution < 1.29 is 9.72 Å². The summed E-state index contributed by atoms with van der Waals surface area (Å²) < 4.78 is 0. The lowest BCUT2D eigenvalue weighted by atomic mass is 10.2. The number of nitrogen functional groups attached to an aromatic ring is 1. The fourth-order valence-corrected chi connectivity index (χ4v) is 1.97. The average Bonchev–Trinajstić information content (AvgIpc) is 2.59. The van der Waals surface area contributed by atoms with Gasteiger partial charge in [-0.15, -0.1) is 0 Å². The molecule has 25 heavy (non-hydrogen) atoms. The standard InChI is InChI=1S/C16H12ClN5O3/c17-14-7-12(3-6-15(14)19)20-9-10(8-18)16(23)21-11-1-4-13(5-2-11)22(24)25/h1-7,9,20H,19H2,(H,21,23)/b10-9-. The van der Waals surface area contributed by atoms with Gasteiger partial charge in [0.1, 0.15) is 11.6 Å². The molecule has 2 aromatic carbocycles. The highest BCUT2D eigenvalue weighted by Gasteiger charge is 2.11. The predicted molar refractivity (Wildman–Crippen MR) is 94.9 cm³/mol. The number of carbonyl (C=O) groups excluding carboxylic acids is 1. The molecule has 0 saturated heterocycles. The number of nitrogens with zero attached hydrogens (tertiary/aromatic N) is 2. The van der Waals surface area contributed by atoms with Gasteiger partial charge < -0.3 is 16.4 Å². The lowest BCUT2D eigenvalue weighted by Gasteiger charge is -2.06. The van der Waals surface area contributed by atoms with Crippen LogP contribution in [0.4, 0.5) is 22.7 Å². The van der Waals surface area contributed by atoms with E-state index in [1.807, 2.05) is 0 Å². The van der Waals surface area contributed by atoms with E-state index in [0.717, 1.165) is 0 Å². The molecule has 9 heteroatoms. The van der Waals surface area contributed by atoms with Crippen LogP contribution in [-0.2, 0) is 4.79 Å². The summed E-state index contributed by atoms with van der Waals surface area (Å²) in [7, 11) is 0. The Labute approximate surface area is 147 Å². The van der Waals surface area contributed by atoms with Crippen molar-refractivity contribution in [1.29, 1.82) is 5.26 Å². The molecule has 0 radical (unpaired) electrons. The zero-order valence-corrected chi connectivity index (χ0v) is 13.4. The van der Waals surface area contributed by atoms with E-state index >= 15 is 0 Å². The van der Waals surface area contributed by atoms with Gasteiger partial charge in [-0.25, -0.2) is 0 Å². The first kappa shape index (κ1) is 17.8. The van der Waals surface area contributed by atoms with Crippen LogP contribution in [0.2, 0.25) is 5.02 Å². The summed E-state index contributed by atoms with van der Waals surface area (Å²) in [5, 5.41) is 25.3. The molecule has 0 atom stereocenters. The number of carbonyl (C=O) groups is 1. The first-order valence-electron chi connectivity index (χ1n) is 6.88. The quantitative estimate of drug-likeness (QED) is 0.247. The molecule has 2 rings (SSSR count). The second-order valence-corrected chi connectivity index (χ2v) is 5.22. The Morgan fingerprint density at radius 1 is 1.24 bits per heavy atom. The minimum Gasteiger partial charge on any atom is -0.398 e. The zero-order chi connectivity index (χ0) is 18.4. The molecule has 0 saturated carbocycles. The Morgan fingerprint density at radius 2 is 1.88 bits per heavy atom. The van der Waals surface area contributed by atoms with Crippen LogP contribution in [0.3, 0.4) is 0 Å². The molecule has 0 aliphatic rings. The van der Waals surface area contributed by atoms with Crippen molar-refractivity contribution in [1.82, 2.24) is 0 Å². The van der Waals surface area contributed by atoms with Crippen molar-refractivity contribution in [3.63, 3.8) is 0 Å². The molecule has 0 heterocycles. The fraction of sp³-hybridized carbons (Fsp3) is 0. The Bertz CT molecular complexity index is 888. The number of nitrogens with one attached hydrogen (secondary N) is 2. The van der Waals surface area contributed by atoms with Crippen LogP contribution < -0.4 is 16.4 Å². The maximum Gasteiger partial charge on any atom is 0.269 e. The lowest BCUT2D eigenvalue weighted by Crippen LogP contribution is -2.14. The third-order valence-corrected chi connectivity index (χ3v) is 3.41. The van der Waals surface area contributed by atoms with Crippen LogP contribution in [0.5, 0.6) is 0 Å². The molecule has 8 nitrogen and oxygen atoms in total. The van der Waals surface area contributed by atoms with Crippen LogP contribution in [0, 0.1) is 21.4 Å². The Morgan fingerprint density at radius 3 is 2.44 bits per heavy atom. The van der Waals surface area contributed by atoms with Crippen molar-refractivity contribution in [2.24, 2.45) is 0 Å². The van der Waals surface area contributed by atoms with Crippen molar-refractivity contribution in [3.05, 3.63) is 69.4 Å². The summed E-state index contributed by atoms with van der Waals surface area (Å²) in [6.45, 7) is 0. The van der Waals surface area contributed by atoms with Crippen LogP contribution in [-0.4, -0.2) is 10.8 Å². The van der Waals surface area contributed by atoms with Crippen molar-refractivity contribution in [2.45, 2.75) is 0 Å². The van der Waals surface area contributed by atoms with Crippen LogP contribution in [0.25, 0.3) is 0 Å². The zero-order valence-electron chi connectivity index (χ0n) is 12.7. The molecule has 0 spiro atoms. The van der Waals surface area contributed by atoms with Gasteiger partial charge in [0.2, 0.25) is 0 Å². The third-order valence-electron chi connectivity index (χ3n) is 3.08. The van der Waals surface area contributed by atoms with Crippen molar-refractivity contribution >= 4 is 40.3 Å². The Balaban J connectivity index is 2.08. The maximum absolute atomic E-state index is 12.1. The monoisotopic (exact) mass is 357 g/mol. The van der Waals surface area contributed by atoms with Crippen LogP contribution >= 0.6 is 11.6 Å². The number of nitrogens with two attached hydrogens (primary N) is 1. The second kappa shape index (κ2) is 7.81. The van der Waals surface area contributed by atoms with Gasteiger partial charge >= 0.3 is 0 Å². The van der Waals surface area contributed by atoms with Crippen LogP contribution in [0.15, 0.2) is 54.2 Å². The SMILES string of the molecule is N#C/C(=C/Nc1ccc(N)c(Cl)c1)C(=O)Nc1ccc([N+](=O)[O-])cc1. The summed E-state index contributed by atoms with van der Waals surface area (Å²) in [4.78, 5) is 22.1. The van der Waals surface area contributed by atoms with Gasteiger partial charge in [0.25, 0.3) is 11.6 Å². The number of benzene rings is 2. The third kappa shape index (κ3) is 4.70. The van der Waals surface area contributed by atoms with E-state index in [2.05, 4.69) is 10.6 Å². The molecule has 0 aliphatic heterocycles. The molecular formula is C16H12ClN5O3. The van der Waals surface area contributed by atoms with Crippen LogP contribution in [0.1, 0.15) is 0 Å². The van der Waals surface area contributed by atoms with Gasteiger partial charge in [-0.3, -0.25) is 14.9 Å². The second-order valence-electron chi connectivity index (χ2n) is 4.81. The van der Waals surface area contributed by atoms with E-state index in [-0.39, 0.29) is 11.3 Å². The highest BCUT2D eigenvalue weighted by atomic mass is 35.5. The van der Waals surface area contributed by atoms with E-state index < -0.39 is 10.8 Å². The van der Waals surface area contributed by atoms with Gasteiger partial charge in [0.05, 0.1) is 15.6 Å². The van der Waals surface area contributed by atoms with Crippen molar-refractivity contribution in [3.8, 4) is 6.07 Å². The maximum atomic E-state index is 12.1. The van der Waals surface area contributed by atoms with Crippen molar-refractivity contribution in [2.75, 3.05) is 16.4 Å².